The molecule has 3 heterocycles. The van der Waals surface area contributed by atoms with E-state index >= 15 is 0 Å². The third kappa shape index (κ3) is 3.89. The number of aromatic nitrogens is 1. The summed E-state index contributed by atoms with van der Waals surface area (Å²) < 4.78 is 5.86. The standard InChI is InChI=1S/C29H30N4O/c1-19-17-33(18-20(2)34-19)28-13-12-24(15-31-28)25-16-32-29(4)26(21(25)3)6-5-7-27(29)23-10-8-22(14-30)9-11-23/h5-13,15-16,19-20,27H,17-18H2,1-4H3/t19-,20+,27?,29?. The van der Waals surface area contributed by atoms with E-state index in [1.165, 1.54) is 11.1 Å². The van der Waals surface area contributed by atoms with E-state index < -0.39 is 0 Å². The third-order valence-electron chi connectivity index (χ3n) is 7.19. The van der Waals surface area contributed by atoms with Gasteiger partial charge in [-0.15, -0.1) is 0 Å². The van der Waals surface area contributed by atoms with Crippen molar-refractivity contribution >= 4 is 17.6 Å². The zero-order chi connectivity index (χ0) is 23.9. The Balaban J connectivity index is 1.43. The summed E-state index contributed by atoms with van der Waals surface area (Å²) in [6, 6.07) is 14.3. The number of anilines is 1. The molecule has 2 aromatic rings. The maximum Gasteiger partial charge on any atom is 0.128 e. The molecular formula is C29H30N4O. The van der Waals surface area contributed by atoms with Gasteiger partial charge >= 0.3 is 0 Å². The van der Waals surface area contributed by atoms with Crippen LogP contribution in [0.15, 0.2) is 77.0 Å². The molecule has 172 valence electrons. The van der Waals surface area contributed by atoms with Gasteiger partial charge in [-0.2, -0.15) is 5.26 Å². The molecule has 5 heteroatoms. The fraction of sp³-hybridized carbons (Fsp3) is 0.345. The number of allylic oxidation sites excluding steroid dienone is 3. The number of hydrogen-bond acceptors (Lipinski definition) is 5. The van der Waals surface area contributed by atoms with Crippen LogP contribution in [0.2, 0.25) is 0 Å². The highest BCUT2D eigenvalue weighted by atomic mass is 16.5. The molecule has 1 aromatic heterocycles. The van der Waals surface area contributed by atoms with E-state index in [0.29, 0.717) is 5.56 Å². The highest BCUT2D eigenvalue weighted by Gasteiger charge is 2.41. The number of morpholine rings is 1. The van der Waals surface area contributed by atoms with E-state index in [2.05, 4.69) is 69.0 Å². The fourth-order valence-electron chi connectivity index (χ4n) is 5.47. The Labute approximate surface area is 201 Å². The highest BCUT2D eigenvalue weighted by molar-refractivity contribution is 6.13. The van der Waals surface area contributed by atoms with Crippen LogP contribution in [0.5, 0.6) is 0 Å². The summed E-state index contributed by atoms with van der Waals surface area (Å²) in [7, 11) is 0. The van der Waals surface area contributed by atoms with Crippen molar-refractivity contribution in [3.05, 3.63) is 88.7 Å². The first-order chi connectivity index (χ1) is 16.4. The molecule has 0 saturated carbocycles. The SMILES string of the molecule is CC1=C(c2ccc(N3C[C@@H](C)O[C@@H](C)C3)nc2)C=NC2(C)C1=CC=CC2c1ccc(C#N)cc1. The first-order valence-corrected chi connectivity index (χ1v) is 11.9. The van der Waals surface area contributed by atoms with Gasteiger partial charge in [0.25, 0.3) is 0 Å². The summed E-state index contributed by atoms with van der Waals surface area (Å²) in [4.78, 5) is 12.2. The lowest BCUT2D eigenvalue weighted by Crippen LogP contribution is -2.45. The number of rotatable bonds is 3. The van der Waals surface area contributed by atoms with Crippen molar-refractivity contribution in [2.45, 2.75) is 51.4 Å². The Morgan fingerprint density at radius 1 is 1.09 bits per heavy atom. The number of aliphatic imine (C=N–C) groups is 1. The minimum atomic E-state index is -0.385. The van der Waals surface area contributed by atoms with Gasteiger partial charge in [-0.05, 0) is 68.7 Å². The summed E-state index contributed by atoms with van der Waals surface area (Å²) in [6.45, 7) is 10.3. The Hall–Kier alpha value is -3.49. The van der Waals surface area contributed by atoms with E-state index in [0.717, 1.165) is 35.6 Å². The van der Waals surface area contributed by atoms with E-state index in [4.69, 9.17) is 20.0 Å². The summed E-state index contributed by atoms with van der Waals surface area (Å²) in [5.74, 6) is 1.10. The molecule has 0 bridgehead atoms. The normalized spacial score (nSPS) is 28.4. The average molecular weight is 451 g/mol. The molecule has 0 spiro atoms. The maximum absolute atomic E-state index is 9.15. The molecule has 0 amide bonds. The van der Waals surface area contributed by atoms with Crippen molar-refractivity contribution in [1.82, 2.24) is 4.98 Å². The minimum Gasteiger partial charge on any atom is -0.372 e. The molecule has 2 unspecified atom stereocenters. The second kappa shape index (κ2) is 8.70. The zero-order valence-corrected chi connectivity index (χ0v) is 20.2. The van der Waals surface area contributed by atoms with Gasteiger partial charge in [-0.25, -0.2) is 4.98 Å². The molecule has 2 aliphatic heterocycles. The van der Waals surface area contributed by atoms with Crippen molar-refractivity contribution in [3.8, 4) is 6.07 Å². The van der Waals surface area contributed by atoms with Crippen LogP contribution in [-0.4, -0.2) is 42.0 Å². The van der Waals surface area contributed by atoms with Gasteiger partial charge in [0.2, 0.25) is 0 Å². The third-order valence-corrected chi connectivity index (χ3v) is 7.19. The molecule has 1 saturated heterocycles. The lowest BCUT2D eigenvalue weighted by Gasteiger charge is -2.40. The van der Waals surface area contributed by atoms with Crippen LogP contribution in [0.3, 0.4) is 0 Å². The van der Waals surface area contributed by atoms with E-state index in [-0.39, 0.29) is 23.7 Å². The molecule has 5 nitrogen and oxygen atoms in total. The Morgan fingerprint density at radius 2 is 1.82 bits per heavy atom. The second-order valence-electron chi connectivity index (χ2n) is 9.69. The first kappa shape index (κ1) is 22.3. The van der Waals surface area contributed by atoms with Crippen molar-refractivity contribution in [2.24, 2.45) is 4.99 Å². The van der Waals surface area contributed by atoms with Crippen LogP contribution in [0, 0.1) is 11.3 Å². The molecule has 34 heavy (non-hydrogen) atoms. The summed E-state index contributed by atoms with van der Waals surface area (Å²) >= 11 is 0. The summed E-state index contributed by atoms with van der Waals surface area (Å²) in [5.41, 5.74) is 6.09. The van der Waals surface area contributed by atoms with Crippen LogP contribution in [0.4, 0.5) is 5.82 Å². The average Bonchev–Trinajstić information content (AvgIpc) is 2.83. The number of benzene rings is 1. The largest absolute Gasteiger partial charge is 0.372 e. The number of dihydropyridines is 1. The van der Waals surface area contributed by atoms with E-state index in [1.54, 1.807) is 0 Å². The van der Waals surface area contributed by atoms with Crippen LogP contribution in [-0.2, 0) is 4.74 Å². The molecule has 3 aliphatic rings. The number of pyridine rings is 1. The van der Waals surface area contributed by atoms with Gasteiger partial charge in [0.15, 0.2) is 0 Å². The molecular weight excluding hydrogens is 420 g/mol. The molecule has 1 aliphatic carbocycles. The molecule has 4 atom stereocenters. The van der Waals surface area contributed by atoms with Gasteiger partial charge < -0.3 is 9.64 Å². The molecule has 0 radical (unpaired) electrons. The number of nitrogens with zero attached hydrogens (tertiary/aromatic N) is 4. The predicted molar refractivity (Wildman–Crippen MR) is 137 cm³/mol. The lowest BCUT2D eigenvalue weighted by molar-refractivity contribution is -0.00545. The maximum atomic E-state index is 9.15. The van der Waals surface area contributed by atoms with Crippen LogP contribution >= 0.6 is 0 Å². The fourth-order valence-corrected chi connectivity index (χ4v) is 5.47. The van der Waals surface area contributed by atoms with Crippen LogP contribution < -0.4 is 4.90 Å². The summed E-state index contributed by atoms with van der Waals surface area (Å²) in [5, 5.41) is 9.15. The summed E-state index contributed by atoms with van der Waals surface area (Å²) in [6.07, 6.45) is 10.9. The van der Waals surface area contributed by atoms with Crippen molar-refractivity contribution in [1.29, 1.82) is 5.26 Å². The lowest BCUT2D eigenvalue weighted by atomic mass is 9.69. The minimum absolute atomic E-state index is 0.110. The zero-order valence-electron chi connectivity index (χ0n) is 20.2. The van der Waals surface area contributed by atoms with Gasteiger partial charge in [0.05, 0.1) is 29.4 Å². The van der Waals surface area contributed by atoms with Crippen molar-refractivity contribution in [2.75, 3.05) is 18.0 Å². The number of ether oxygens (including phenoxy) is 1. The van der Waals surface area contributed by atoms with Gasteiger partial charge in [-0.3, -0.25) is 4.99 Å². The number of fused-ring (bicyclic) bond motifs is 1. The smallest absolute Gasteiger partial charge is 0.128 e. The molecule has 1 aromatic carbocycles. The number of nitriles is 1. The monoisotopic (exact) mass is 450 g/mol. The van der Waals surface area contributed by atoms with Crippen molar-refractivity contribution < 1.29 is 4.74 Å². The Kier molecular flexibility index (Phi) is 5.71. The van der Waals surface area contributed by atoms with Crippen LogP contribution in [0.25, 0.3) is 5.57 Å². The second-order valence-corrected chi connectivity index (χ2v) is 9.69. The quantitative estimate of drug-likeness (QED) is 0.623. The first-order valence-electron chi connectivity index (χ1n) is 11.9. The van der Waals surface area contributed by atoms with Crippen LogP contribution in [0.1, 0.15) is 50.3 Å². The van der Waals surface area contributed by atoms with Gasteiger partial charge in [-0.1, -0.05) is 30.4 Å². The van der Waals surface area contributed by atoms with E-state index in [9.17, 15) is 0 Å². The molecule has 1 fully saturated rings. The Bertz CT molecular complexity index is 1240. The topological polar surface area (TPSA) is 61.5 Å². The Morgan fingerprint density at radius 3 is 2.47 bits per heavy atom. The van der Waals surface area contributed by atoms with Gasteiger partial charge in [0, 0.05) is 42.6 Å². The van der Waals surface area contributed by atoms with Crippen molar-refractivity contribution in [3.63, 3.8) is 0 Å². The highest BCUT2D eigenvalue weighted by Crippen LogP contribution is 2.47. The molecule has 0 N–H and O–H groups in total. The van der Waals surface area contributed by atoms with Gasteiger partial charge in [0.1, 0.15) is 5.82 Å². The predicted octanol–water partition coefficient (Wildman–Crippen LogP) is 5.46. The molecule has 5 rings (SSSR count). The number of hydrogen-bond donors (Lipinski definition) is 0. The van der Waals surface area contributed by atoms with E-state index in [1.807, 2.05) is 36.7 Å².